The van der Waals surface area contributed by atoms with Crippen LogP contribution in [0.2, 0.25) is 0 Å². The monoisotopic (exact) mass is 365 g/mol. The molecule has 1 heterocycles. The maximum Gasteiger partial charge on any atom is 0.267 e. The number of amides is 1. The molecule has 2 aromatic rings. The highest BCUT2D eigenvalue weighted by molar-refractivity contribution is 5.90. The second-order valence-electron chi connectivity index (χ2n) is 6.93. The van der Waals surface area contributed by atoms with Gasteiger partial charge < -0.3 is 5.73 Å². The highest BCUT2D eigenvalue weighted by atomic mass is 16.6. The molecule has 142 valence electrons. The third-order valence-corrected chi connectivity index (χ3v) is 4.67. The van der Waals surface area contributed by atoms with Crippen molar-refractivity contribution in [3.63, 3.8) is 0 Å². The molecule has 0 saturated carbocycles. The Bertz CT molecular complexity index is 753. The average Bonchev–Trinajstić information content (AvgIpc) is 2.69. The third kappa shape index (κ3) is 6.64. The average molecular weight is 365 g/mol. The van der Waals surface area contributed by atoms with Crippen LogP contribution in [-0.2, 0) is 22.8 Å². The molecule has 0 radical (unpaired) electrons. The lowest BCUT2D eigenvalue weighted by Crippen LogP contribution is -2.39. The first kappa shape index (κ1) is 19.3. The van der Waals surface area contributed by atoms with Crippen LogP contribution in [0.1, 0.15) is 29.5 Å². The zero-order valence-electron chi connectivity index (χ0n) is 15.5. The summed E-state index contributed by atoms with van der Waals surface area (Å²) in [5.41, 5.74) is 11.7. The Balaban J connectivity index is 1.46. The van der Waals surface area contributed by atoms with Gasteiger partial charge in [0.1, 0.15) is 0 Å². The van der Waals surface area contributed by atoms with Crippen LogP contribution in [0, 0.1) is 0 Å². The van der Waals surface area contributed by atoms with E-state index in [9.17, 15) is 4.79 Å². The summed E-state index contributed by atoms with van der Waals surface area (Å²) in [6.07, 6.45) is 5.41. The van der Waals surface area contributed by atoms with E-state index in [0.717, 1.165) is 43.6 Å². The van der Waals surface area contributed by atoms with Gasteiger partial charge in [-0.3, -0.25) is 14.5 Å². The summed E-state index contributed by atoms with van der Waals surface area (Å²) < 4.78 is 0. The van der Waals surface area contributed by atoms with Crippen LogP contribution < -0.4 is 11.2 Å². The molecule has 0 aromatic heterocycles. The fraction of sp³-hybridized carbons (Fsp3) is 0.318. The normalized spacial score (nSPS) is 15.9. The van der Waals surface area contributed by atoms with Crippen molar-refractivity contribution in [1.82, 2.24) is 10.4 Å². The summed E-state index contributed by atoms with van der Waals surface area (Å²) in [7, 11) is 0. The van der Waals surface area contributed by atoms with E-state index in [0.29, 0.717) is 12.6 Å². The van der Waals surface area contributed by atoms with Crippen LogP contribution in [0.3, 0.4) is 0 Å². The SMILES string of the molecule is NC1CCN(Cc2cccc(/C=C/C(=O)NOCc3ccccc3)c2)CC1. The molecule has 5 heteroatoms. The summed E-state index contributed by atoms with van der Waals surface area (Å²) in [4.78, 5) is 19.6. The minimum absolute atomic E-state index is 0.277. The van der Waals surface area contributed by atoms with Gasteiger partial charge in [-0.1, -0.05) is 54.6 Å². The van der Waals surface area contributed by atoms with E-state index in [1.54, 1.807) is 6.08 Å². The Morgan fingerprint density at radius 3 is 2.63 bits per heavy atom. The number of carbonyl (C=O) groups excluding carboxylic acids is 1. The van der Waals surface area contributed by atoms with E-state index >= 15 is 0 Å². The summed E-state index contributed by atoms with van der Waals surface area (Å²) in [6.45, 7) is 3.35. The molecular weight excluding hydrogens is 338 g/mol. The van der Waals surface area contributed by atoms with Gasteiger partial charge in [-0.2, -0.15) is 0 Å². The number of rotatable bonds is 7. The molecule has 0 atom stereocenters. The molecule has 3 N–H and O–H groups in total. The molecule has 1 aliphatic heterocycles. The first-order chi connectivity index (χ1) is 13.2. The van der Waals surface area contributed by atoms with Crippen LogP contribution in [0.25, 0.3) is 6.08 Å². The molecule has 1 saturated heterocycles. The van der Waals surface area contributed by atoms with Crippen molar-refractivity contribution in [1.29, 1.82) is 0 Å². The first-order valence-electron chi connectivity index (χ1n) is 9.40. The first-order valence-corrected chi connectivity index (χ1v) is 9.40. The second-order valence-corrected chi connectivity index (χ2v) is 6.93. The molecule has 5 nitrogen and oxygen atoms in total. The molecule has 0 unspecified atom stereocenters. The minimum Gasteiger partial charge on any atom is -0.328 e. The van der Waals surface area contributed by atoms with Gasteiger partial charge in [0, 0.05) is 18.7 Å². The van der Waals surface area contributed by atoms with Gasteiger partial charge in [-0.25, -0.2) is 5.48 Å². The van der Waals surface area contributed by atoms with Gasteiger partial charge >= 0.3 is 0 Å². The lowest BCUT2D eigenvalue weighted by molar-refractivity contribution is -0.129. The van der Waals surface area contributed by atoms with Crippen molar-refractivity contribution in [3.05, 3.63) is 77.4 Å². The predicted octanol–water partition coefficient (Wildman–Crippen LogP) is 2.87. The van der Waals surface area contributed by atoms with Crippen molar-refractivity contribution < 1.29 is 9.63 Å². The lowest BCUT2D eigenvalue weighted by Gasteiger charge is -2.30. The van der Waals surface area contributed by atoms with Gasteiger partial charge in [0.2, 0.25) is 0 Å². The van der Waals surface area contributed by atoms with Crippen LogP contribution >= 0.6 is 0 Å². The van der Waals surface area contributed by atoms with Crippen molar-refractivity contribution in [3.8, 4) is 0 Å². The van der Waals surface area contributed by atoms with Crippen molar-refractivity contribution >= 4 is 12.0 Å². The largest absolute Gasteiger partial charge is 0.328 e. The Morgan fingerprint density at radius 1 is 1.11 bits per heavy atom. The number of nitrogens with two attached hydrogens (primary N) is 1. The molecule has 1 fully saturated rings. The quantitative estimate of drug-likeness (QED) is 0.585. The van der Waals surface area contributed by atoms with Crippen LogP contribution in [-0.4, -0.2) is 29.9 Å². The third-order valence-electron chi connectivity index (χ3n) is 4.67. The molecule has 0 bridgehead atoms. The topological polar surface area (TPSA) is 67.6 Å². The van der Waals surface area contributed by atoms with Gasteiger partial charge in [0.15, 0.2) is 0 Å². The van der Waals surface area contributed by atoms with E-state index in [4.69, 9.17) is 10.6 Å². The summed E-state index contributed by atoms with van der Waals surface area (Å²) >= 11 is 0. The number of hydrogen-bond donors (Lipinski definition) is 2. The van der Waals surface area contributed by atoms with E-state index in [1.807, 2.05) is 42.5 Å². The van der Waals surface area contributed by atoms with Crippen molar-refractivity contribution in [2.45, 2.75) is 32.0 Å². The lowest BCUT2D eigenvalue weighted by atomic mass is 10.0. The summed E-state index contributed by atoms with van der Waals surface area (Å²) in [5, 5.41) is 0. The molecule has 1 amide bonds. The van der Waals surface area contributed by atoms with Gasteiger partial charge in [-0.05, 0) is 48.7 Å². The maximum absolute atomic E-state index is 11.9. The van der Waals surface area contributed by atoms with E-state index in [-0.39, 0.29) is 5.91 Å². The summed E-state index contributed by atoms with van der Waals surface area (Å²) in [5.74, 6) is -0.277. The van der Waals surface area contributed by atoms with E-state index in [1.165, 1.54) is 11.6 Å². The van der Waals surface area contributed by atoms with Crippen molar-refractivity contribution in [2.24, 2.45) is 5.73 Å². The number of nitrogens with one attached hydrogen (secondary N) is 1. The van der Waals surface area contributed by atoms with Crippen LogP contribution in [0.15, 0.2) is 60.7 Å². The molecule has 0 aliphatic carbocycles. The smallest absolute Gasteiger partial charge is 0.267 e. The number of benzene rings is 2. The van der Waals surface area contributed by atoms with Crippen LogP contribution in [0.4, 0.5) is 0 Å². The molecule has 1 aliphatic rings. The van der Waals surface area contributed by atoms with E-state index in [2.05, 4.69) is 22.5 Å². The fourth-order valence-corrected chi connectivity index (χ4v) is 3.14. The Labute approximate surface area is 160 Å². The number of piperidine rings is 1. The second kappa shape index (κ2) is 10.0. The van der Waals surface area contributed by atoms with Gasteiger partial charge in [0.25, 0.3) is 5.91 Å². The Hall–Kier alpha value is -2.47. The Morgan fingerprint density at radius 2 is 1.85 bits per heavy atom. The molecular formula is C22H27N3O2. The van der Waals surface area contributed by atoms with Gasteiger partial charge in [0.05, 0.1) is 6.61 Å². The maximum atomic E-state index is 11.9. The Kier molecular flexibility index (Phi) is 7.16. The zero-order valence-corrected chi connectivity index (χ0v) is 15.5. The van der Waals surface area contributed by atoms with Gasteiger partial charge in [-0.15, -0.1) is 0 Å². The minimum atomic E-state index is -0.277. The summed E-state index contributed by atoms with van der Waals surface area (Å²) in [6, 6.07) is 18.3. The highest BCUT2D eigenvalue weighted by Gasteiger charge is 2.15. The molecule has 3 rings (SSSR count). The van der Waals surface area contributed by atoms with Crippen LogP contribution in [0.5, 0.6) is 0 Å². The molecule has 2 aromatic carbocycles. The number of likely N-dealkylation sites (tertiary alicyclic amines) is 1. The fourth-order valence-electron chi connectivity index (χ4n) is 3.14. The number of nitrogens with zero attached hydrogens (tertiary/aromatic N) is 1. The number of hydroxylamine groups is 1. The zero-order chi connectivity index (χ0) is 18.9. The predicted molar refractivity (Wildman–Crippen MR) is 107 cm³/mol. The highest BCUT2D eigenvalue weighted by Crippen LogP contribution is 2.14. The molecule has 0 spiro atoms. The number of carbonyl (C=O) groups is 1. The standard InChI is InChI=1S/C22H27N3O2/c23-21-11-13-25(14-12-21)16-20-8-4-7-18(15-20)9-10-22(26)24-27-17-19-5-2-1-3-6-19/h1-10,15,21H,11-14,16-17,23H2,(H,24,26)/b10-9+. The molecule has 27 heavy (non-hydrogen) atoms. The van der Waals surface area contributed by atoms with Crippen molar-refractivity contribution in [2.75, 3.05) is 13.1 Å². The number of hydrogen-bond acceptors (Lipinski definition) is 4. The van der Waals surface area contributed by atoms with E-state index < -0.39 is 0 Å².